The minimum atomic E-state index is -0.0798. The minimum absolute atomic E-state index is 0.0798. The molecule has 0 fully saturated rings. The molecule has 3 rings (SSSR count). The van der Waals surface area contributed by atoms with Crippen LogP contribution in [0.4, 0.5) is 0 Å². The lowest BCUT2D eigenvalue weighted by atomic mass is 9.94. The van der Waals surface area contributed by atoms with Crippen LogP contribution in [0.2, 0.25) is 5.02 Å². The predicted octanol–water partition coefficient (Wildman–Crippen LogP) is 3.93. The Morgan fingerprint density at radius 3 is 2.55 bits per heavy atom. The maximum absolute atomic E-state index is 5.91. The summed E-state index contributed by atoms with van der Waals surface area (Å²) >= 11 is 5.91. The van der Waals surface area contributed by atoms with Crippen molar-refractivity contribution in [2.75, 3.05) is 6.54 Å². The van der Waals surface area contributed by atoms with Gasteiger partial charge in [-0.2, -0.15) is 4.98 Å². The molecule has 2 N–H and O–H groups in total. The Morgan fingerprint density at radius 2 is 1.90 bits per heavy atom. The van der Waals surface area contributed by atoms with E-state index in [-0.39, 0.29) is 12.0 Å². The first-order valence-corrected chi connectivity index (χ1v) is 9.79. The number of hydrogen-bond donors (Lipinski definition) is 2. The lowest BCUT2D eigenvalue weighted by molar-refractivity contribution is 0.378. The minimum Gasteiger partial charge on any atom is -0.443 e. The Kier molecular flexibility index (Phi) is 6.53. The van der Waals surface area contributed by atoms with Gasteiger partial charge < -0.3 is 19.6 Å². The Morgan fingerprint density at radius 1 is 1.14 bits per heavy atom. The maximum atomic E-state index is 5.91. The molecule has 0 aliphatic rings. The van der Waals surface area contributed by atoms with Gasteiger partial charge in [0.15, 0.2) is 5.96 Å². The summed E-state index contributed by atoms with van der Waals surface area (Å²) in [5.74, 6) is 2.96. The van der Waals surface area contributed by atoms with Gasteiger partial charge in [0.05, 0.1) is 12.7 Å². The van der Waals surface area contributed by atoms with Crippen LogP contribution in [-0.4, -0.2) is 27.6 Å². The number of guanidine groups is 1. The van der Waals surface area contributed by atoms with Crippen LogP contribution in [0, 0.1) is 0 Å². The predicted molar refractivity (Wildman–Crippen MR) is 112 cm³/mol. The molecular weight excluding hydrogens is 392 g/mol. The molecule has 0 bridgehead atoms. The molecule has 154 valence electrons. The Balaban J connectivity index is 1.62. The number of aromatic nitrogens is 3. The zero-order valence-electron chi connectivity index (χ0n) is 17.0. The molecule has 0 saturated heterocycles. The molecule has 0 spiro atoms. The first-order chi connectivity index (χ1) is 13.8. The highest BCUT2D eigenvalue weighted by Gasteiger charge is 2.19. The molecule has 0 radical (unpaired) electrons. The van der Waals surface area contributed by atoms with Crippen molar-refractivity contribution in [2.45, 2.75) is 46.2 Å². The molecule has 29 heavy (non-hydrogen) atoms. The summed E-state index contributed by atoms with van der Waals surface area (Å²) in [7, 11) is 0. The third-order valence-corrected chi connectivity index (χ3v) is 4.24. The average Bonchev–Trinajstić information content (AvgIpc) is 3.34. The number of nitrogens with zero attached hydrogens (tertiary/aromatic N) is 4. The van der Waals surface area contributed by atoms with Crippen LogP contribution in [0.25, 0.3) is 11.4 Å². The molecule has 0 aliphatic carbocycles. The van der Waals surface area contributed by atoms with Gasteiger partial charge in [-0.25, -0.2) is 9.98 Å². The van der Waals surface area contributed by atoms with Gasteiger partial charge in [-0.1, -0.05) is 37.5 Å². The van der Waals surface area contributed by atoms with E-state index in [1.165, 1.54) is 0 Å². The van der Waals surface area contributed by atoms with E-state index in [9.17, 15) is 0 Å². The van der Waals surface area contributed by atoms with Crippen molar-refractivity contribution >= 4 is 17.6 Å². The molecule has 0 amide bonds. The fourth-order valence-corrected chi connectivity index (χ4v) is 2.55. The summed E-state index contributed by atoms with van der Waals surface area (Å²) in [5, 5.41) is 11.0. The summed E-state index contributed by atoms with van der Waals surface area (Å²) in [4.78, 5) is 13.2. The van der Waals surface area contributed by atoms with Crippen LogP contribution in [0.3, 0.4) is 0 Å². The van der Waals surface area contributed by atoms with Crippen LogP contribution >= 0.6 is 11.6 Å². The van der Waals surface area contributed by atoms with E-state index in [2.05, 4.69) is 51.5 Å². The second kappa shape index (κ2) is 9.09. The Labute approximate surface area is 174 Å². The molecule has 0 atom stereocenters. The fraction of sp³-hybridized carbons (Fsp3) is 0.400. The smallest absolute Gasteiger partial charge is 0.248 e. The molecule has 2 aromatic heterocycles. The lowest BCUT2D eigenvalue weighted by Gasteiger charge is -2.13. The third kappa shape index (κ3) is 5.80. The van der Waals surface area contributed by atoms with E-state index >= 15 is 0 Å². The largest absolute Gasteiger partial charge is 0.443 e. The van der Waals surface area contributed by atoms with Crippen molar-refractivity contribution in [1.82, 2.24) is 25.8 Å². The van der Waals surface area contributed by atoms with Gasteiger partial charge in [-0.15, -0.1) is 0 Å². The molecule has 2 heterocycles. The van der Waals surface area contributed by atoms with Gasteiger partial charge in [-0.05, 0) is 31.2 Å². The first-order valence-electron chi connectivity index (χ1n) is 9.41. The summed E-state index contributed by atoms with van der Waals surface area (Å²) in [5.41, 5.74) is 0.751. The monoisotopic (exact) mass is 416 g/mol. The van der Waals surface area contributed by atoms with Crippen LogP contribution < -0.4 is 10.6 Å². The van der Waals surface area contributed by atoms with Gasteiger partial charge in [0.2, 0.25) is 17.6 Å². The quantitative estimate of drug-likeness (QED) is 0.463. The van der Waals surface area contributed by atoms with Crippen molar-refractivity contribution in [3.8, 4) is 11.4 Å². The van der Waals surface area contributed by atoms with Gasteiger partial charge in [-0.3, -0.25) is 0 Å². The SMILES string of the molecule is CCNC(=NCc1nc(-c2ccc(Cl)cc2)no1)NCc1ncc(C(C)(C)C)o1. The number of oxazole rings is 1. The zero-order valence-corrected chi connectivity index (χ0v) is 17.7. The number of halogens is 1. The van der Waals surface area contributed by atoms with Crippen molar-refractivity contribution in [2.24, 2.45) is 4.99 Å². The molecule has 0 aliphatic heterocycles. The highest BCUT2D eigenvalue weighted by Crippen LogP contribution is 2.22. The summed E-state index contributed by atoms with van der Waals surface area (Å²) < 4.78 is 11.1. The summed E-state index contributed by atoms with van der Waals surface area (Å²) in [6.07, 6.45) is 1.76. The average molecular weight is 417 g/mol. The fourth-order valence-electron chi connectivity index (χ4n) is 2.42. The van der Waals surface area contributed by atoms with Crippen LogP contribution in [0.15, 0.2) is 44.4 Å². The van der Waals surface area contributed by atoms with Crippen LogP contribution in [-0.2, 0) is 18.5 Å². The summed E-state index contributed by atoms with van der Waals surface area (Å²) in [6.45, 7) is 9.61. The Bertz CT molecular complexity index is 956. The van der Waals surface area contributed by atoms with Crippen molar-refractivity contribution in [3.05, 3.63) is 53.0 Å². The van der Waals surface area contributed by atoms with E-state index in [0.717, 1.165) is 11.3 Å². The van der Waals surface area contributed by atoms with E-state index in [1.54, 1.807) is 18.3 Å². The van der Waals surface area contributed by atoms with E-state index in [4.69, 9.17) is 20.5 Å². The van der Waals surface area contributed by atoms with Crippen LogP contribution in [0.5, 0.6) is 0 Å². The highest BCUT2D eigenvalue weighted by molar-refractivity contribution is 6.30. The third-order valence-electron chi connectivity index (χ3n) is 3.99. The number of aliphatic imine (C=N–C) groups is 1. The molecule has 9 heteroatoms. The van der Waals surface area contributed by atoms with Gasteiger partial charge in [0, 0.05) is 22.5 Å². The highest BCUT2D eigenvalue weighted by atomic mass is 35.5. The molecule has 0 unspecified atom stereocenters. The van der Waals surface area contributed by atoms with Crippen LogP contribution in [0.1, 0.15) is 45.2 Å². The molecule has 1 aromatic carbocycles. The molecule has 0 saturated carbocycles. The molecular formula is C20H25ClN6O2. The standard InChI is InChI=1S/C20H25ClN6O2/c1-5-22-19(24-11-16-23-10-15(28-16)20(2,3)4)25-12-17-26-18(27-29-17)13-6-8-14(21)9-7-13/h6-10H,5,11-12H2,1-4H3,(H2,22,24,25). The Hall–Kier alpha value is -2.87. The number of nitrogens with one attached hydrogen (secondary N) is 2. The van der Waals surface area contributed by atoms with E-state index < -0.39 is 0 Å². The van der Waals surface area contributed by atoms with Gasteiger partial charge >= 0.3 is 0 Å². The van der Waals surface area contributed by atoms with Gasteiger partial charge in [0.25, 0.3) is 0 Å². The maximum Gasteiger partial charge on any atom is 0.248 e. The van der Waals surface area contributed by atoms with E-state index in [1.807, 2.05) is 19.1 Å². The topological polar surface area (TPSA) is 101 Å². The number of hydrogen-bond acceptors (Lipinski definition) is 6. The summed E-state index contributed by atoms with van der Waals surface area (Å²) in [6, 6.07) is 7.25. The number of benzene rings is 1. The van der Waals surface area contributed by atoms with Crippen molar-refractivity contribution in [1.29, 1.82) is 0 Å². The normalized spacial score (nSPS) is 12.2. The van der Waals surface area contributed by atoms with Crippen molar-refractivity contribution < 1.29 is 8.94 Å². The molecule has 3 aromatic rings. The van der Waals surface area contributed by atoms with Crippen molar-refractivity contribution in [3.63, 3.8) is 0 Å². The first kappa shape index (κ1) is 20.9. The van der Waals surface area contributed by atoms with E-state index in [0.29, 0.717) is 41.7 Å². The number of rotatable bonds is 6. The zero-order chi connectivity index (χ0) is 20.9. The lowest BCUT2D eigenvalue weighted by Crippen LogP contribution is -2.36. The molecule has 8 nitrogen and oxygen atoms in total. The second-order valence-electron chi connectivity index (χ2n) is 7.44. The second-order valence-corrected chi connectivity index (χ2v) is 7.87. The van der Waals surface area contributed by atoms with Gasteiger partial charge in [0.1, 0.15) is 12.3 Å².